The minimum Gasteiger partial charge on any atom is -0.305 e. The van der Waals surface area contributed by atoms with Gasteiger partial charge in [-0.3, -0.25) is 0 Å². The minimum atomic E-state index is -0.209. The molecule has 1 N–H and O–H groups in total. The van der Waals surface area contributed by atoms with E-state index < -0.39 is 0 Å². The molecule has 0 unspecified atom stereocenters. The average molecular weight is 309 g/mol. The summed E-state index contributed by atoms with van der Waals surface area (Å²) in [6.07, 6.45) is 0. The first kappa shape index (κ1) is 13.2. The number of nitrogens with zero attached hydrogens (tertiary/aromatic N) is 1. The largest absolute Gasteiger partial charge is 0.305 e. The van der Waals surface area contributed by atoms with Gasteiger partial charge in [0.15, 0.2) is 0 Å². The highest BCUT2D eigenvalue weighted by Crippen LogP contribution is 2.14. The van der Waals surface area contributed by atoms with E-state index >= 15 is 0 Å². The van der Waals surface area contributed by atoms with Gasteiger partial charge in [0, 0.05) is 12.6 Å². The summed E-state index contributed by atoms with van der Waals surface area (Å²) in [4.78, 5) is 4.35. The zero-order valence-corrected chi connectivity index (χ0v) is 11.6. The maximum atomic E-state index is 12.8. The number of hydrogen-bond acceptors (Lipinski definition) is 2. The van der Waals surface area contributed by atoms with E-state index in [9.17, 15) is 4.39 Å². The Morgan fingerprint density at radius 3 is 2.61 bits per heavy atom. The molecule has 0 saturated heterocycles. The van der Waals surface area contributed by atoms with E-state index in [0.717, 1.165) is 15.9 Å². The van der Waals surface area contributed by atoms with Gasteiger partial charge in [-0.2, -0.15) is 0 Å². The van der Waals surface area contributed by atoms with Crippen molar-refractivity contribution in [3.8, 4) is 0 Å². The van der Waals surface area contributed by atoms with Crippen LogP contribution in [-0.4, -0.2) is 4.98 Å². The summed E-state index contributed by atoms with van der Waals surface area (Å²) in [5.41, 5.74) is 2.03. The molecule has 1 heterocycles. The van der Waals surface area contributed by atoms with Gasteiger partial charge in [-0.25, -0.2) is 9.37 Å². The molecular formula is C14H14BrFN2. The first-order chi connectivity index (χ1) is 8.65. The van der Waals surface area contributed by atoms with Crippen LogP contribution in [0, 0.1) is 5.82 Å². The molecule has 1 aromatic heterocycles. The van der Waals surface area contributed by atoms with Crippen LogP contribution < -0.4 is 5.32 Å². The molecular weight excluding hydrogens is 295 g/mol. The molecule has 0 spiro atoms. The Morgan fingerprint density at radius 1 is 1.22 bits per heavy atom. The van der Waals surface area contributed by atoms with Gasteiger partial charge < -0.3 is 5.32 Å². The van der Waals surface area contributed by atoms with Crippen molar-refractivity contribution in [3.63, 3.8) is 0 Å². The van der Waals surface area contributed by atoms with Crippen LogP contribution in [0.5, 0.6) is 0 Å². The van der Waals surface area contributed by atoms with Crippen LogP contribution in [0.3, 0.4) is 0 Å². The van der Waals surface area contributed by atoms with Crippen molar-refractivity contribution in [2.24, 2.45) is 0 Å². The van der Waals surface area contributed by atoms with Crippen LogP contribution in [0.4, 0.5) is 4.39 Å². The highest BCUT2D eigenvalue weighted by atomic mass is 79.9. The zero-order chi connectivity index (χ0) is 13.0. The lowest BCUT2D eigenvalue weighted by Crippen LogP contribution is -2.18. The van der Waals surface area contributed by atoms with Crippen LogP contribution in [0.2, 0.25) is 0 Å². The normalized spacial score (nSPS) is 12.4. The molecule has 1 aromatic carbocycles. The van der Waals surface area contributed by atoms with E-state index in [2.05, 4.69) is 26.2 Å². The van der Waals surface area contributed by atoms with Crippen molar-refractivity contribution in [1.29, 1.82) is 0 Å². The number of aromatic nitrogens is 1. The van der Waals surface area contributed by atoms with Crippen LogP contribution in [0.25, 0.3) is 0 Å². The second-order valence-electron chi connectivity index (χ2n) is 4.11. The van der Waals surface area contributed by atoms with Gasteiger partial charge in [0.2, 0.25) is 0 Å². The van der Waals surface area contributed by atoms with Gasteiger partial charge in [-0.05, 0) is 52.7 Å². The number of hydrogen-bond donors (Lipinski definition) is 1. The summed E-state index contributed by atoms with van der Waals surface area (Å²) < 4.78 is 13.6. The molecule has 0 amide bonds. The molecule has 0 aliphatic carbocycles. The Labute approximate surface area is 114 Å². The van der Waals surface area contributed by atoms with Gasteiger partial charge in [-0.15, -0.1) is 0 Å². The van der Waals surface area contributed by atoms with E-state index in [1.54, 1.807) is 12.1 Å². The van der Waals surface area contributed by atoms with Gasteiger partial charge in [0.05, 0.1) is 5.69 Å². The smallest absolute Gasteiger partial charge is 0.123 e. The number of nitrogens with one attached hydrogen (secondary N) is 1. The number of benzene rings is 1. The quantitative estimate of drug-likeness (QED) is 0.868. The van der Waals surface area contributed by atoms with Crippen LogP contribution in [0.15, 0.2) is 47.1 Å². The summed E-state index contributed by atoms with van der Waals surface area (Å²) in [5.74, 6) is -0.209. The lowest BCUT2D eigenvalue weighted by molar-refractivity contribution is 0.564. The van der Waals surface area contributed by atoms with Crippen LogP contribution >= 0.6 is 15.9 Å². The summed E-state index contributed by atoms with van der Waals surface area (Å²) in [5, 5.41) is 3.36. The number of rotatable bonds is 4. The molecule has 2 aromatic rings. The molecule has 0 aliphatic heterocycles. The first-order valence-corrected chi connectivity index (χ1v) is 6.55. The van der Waals surface area contributed by atoms with Crippen molar-refractivity contribution < 1.29 is 4.39 Å². The third kappa shape index (κ3) is 3.62. The minimum absolute atomic E-state index is 0.159. The Kier molecular flexibility index (Phi) is 4.44. The number of pyridine rings is 1. The van der Waals surface area contributed by atoms with E-state index in [1.165, 1.54) is 12.1 Å². The molecule has 18 heavy (non-hydrogen) atoms. The van der Waals surface area contributed by atoms with E-state index in [-0.39, 0.29) is 11.9 Å². The molecule has 0 bridgehead atoms. The van der Waals surface area contributed by atoms with Crippen molar-refractivity contribution in [3.05, 3.63) is 64.1 Å². The molecule has 1 atom stereocenters. The molecule has 2 nitrogen and oxygen atoms in total. The maximum absolute atomic E-state index is 12.8. The molecule has 0 aliphatic rings. The highest BCUT2D eigenvalue weighted by Gasteiger charge is 2.05. The van der Waals surface area contributed by atoms with Gasteiger partial charge in [0.1, 0.15) is 10.4 Å². The summed E-state index contributed by atoms with van der Waals surface area (Å²) in [6, 6.07) is 12.5. The fraction of sp³-hybridized carbons (Fsp3) is 0.214. The summed E-state index contributed by atoms with van der Waals surface area (Å²) in [6.45, 7) is 2.73. The Balaban J connectivity index is 1.96. The summed E-state index contributed by atoms with van der Waals surface area (Å²) in [7, 11) is 0. The standard InChI is InChI=1S/C14H14BrFN2/c1-10(11-5-7-12(16)8-6-11)17-9-13-3-2-4-14(15)18-13/h2-8,10,17H,9H2,1H3/t10-/m1/s1. The maximum Gasteiger partial charge on any atom is 0.123 e. The molecule has 94 valence electrons. The molecule has 0 fully saturated rings. The first-order valence-electron chi connectivity index (χ1n) is 5.75. The van der Waals surface area contributed by atoms with Crippen molar-refractivity contribution in [1.82, 2.24) is 10.3 Å². The van der Waals surface area contributed by atoms with Crippen molar-refractivity contribution >= 4 is 15.9 Å². The van der Waals surface area contributed by atoms with E-state index in [4.69, 9.17) is 0 Å². The van der Waals surface area contributed by atoms with Gasteiger partial charge in [-0.1, -0.05) is 18.2 Å². The fourth-order valence-corrected chi connectivity index (χ4v) is 2.06. The predicted octanol–water partition coefficient (Wildman–Crippen LogP) is 3.83. The lowest BCUT2D eigenvalue weighted by atomic mass is 10.1. The van der Waals surface area contributed by atoms with E-state index in [1.807, 2.05) is 25.1 Å². The molecule has 0 saturated carbocycles. The zero-order valence-electron chi connectivity index (χ0n) is 10.0. The Hall–Kier alpha value is -1.26. The fourth-order valence-electron chi connectivity index (χ4n) is 1.68. The Bertz CT molecular complexity index is 513. The lowest BCUT2D eigenvalue weighted by Gasteiger charge is -2.14. The van der Waals surface area contributed by atoms with Crippen molar-refractivity contribution in [2.45, 2.75) is 19.5 Å². The van der Waals surface area contributed by atoms with Crippen LogP contribution in [0.1, 0.15) is 24.2 Å². The monoisotopic (exact) mass is 308 g/mol. The second kappa shape index (κ2) is 6.07. The Morgan fingerprint density at radius 2 is 1.94 bits per heavy atom. The average Bonchev–Trinajstić information content (AvgIpc) is 2.37. The molecule has 2 rings (SSSR count). The third-order valence-electron chi connectivity index (χ3n) is 2.73. The molecule has 0 radical (unpaired) electrons. The van der Waals surface area contributed by atoms with Crippen molar-refractivity contribution in [2.75, 3.05) is 0 Å². The SMILES string of the molecule is C[C@@H](NCc1cccc(Br)n1)c1ccc(F)cc1. The predicted molar refractivity (Wildman–Crippen MR) is 73.6 cm³/mol. The summed E-state index contributed by atoms with van der Waals surface area (Å²) >= 11 is 3.34. The highest BCUT2D eigenvalue weighted by molar-refractivity contribution is 9.10. The second-order valence-corrected chi connectivity index (χ2v) is 4.92. The van der Waals surface area contributed by atoms with Gasteiger partial charge >= 0.3 is 0 Å². The molecule has 4 heteroatoms. The number of halogens is 2. The van der Waals surface area contributed by atoms with Gasteiger partial charge in [0.25, 0.3) is 0 Å². The van der Waals surface area contributed by atoms with Crippen LogP contribution in [-0.2, 0) is 6.54 Å². The third-order valence-corrected chi connectivity index (χ3v) is 3.17. The van der Waals surface area contributed by atoms with E-state index in [0.29, 0.717) is 6.54 Å². The topological polar surface area (TPSA) is 24.9 Å².